The summed E-state index contributed by atoms with van der Waals surface area (Å²) in [4.78, 5) is 0. The van der Waals surface area contributed by atoms with Crippen LogP contribution in [-0.4, -0.2) is 5.54 Å². The third kappa shape index (κ3) is 3.92. The molecule has 1 saturated carbocycles. The first kappa shape index (κ1) is 18.9. The minimum Gasteiger partial charge on any atom is -0.398 e. The standard InChI is InChI=1S/C23H33N3/c1-22(2,3)16-10-12-17(13-11-16)23(4,5)26-25-21-15-14-20(24)18-8-6-7-9-19(18)21/h6-9,14-17H,10-13,24H2,1-5H3. The summed E-state index contributed by atoms with van der Waals surface area (Å²) in [7, 11) is 0. The van der Waals surface area contributed by atoms with Crippen LogP contribution in [0.15, 0.2) is 46.6 Å². The summed E-state index contributed by atoms with van der Waals surface area (Å²) >= 11 is 0. The molecule has 3 rings (SSSR count). The van der Waals surface area contributed by atoms with Crippen LogP contribution in [0.5, 0.6) is 0 Å². The van der Waals surface area contributed by atoms with Crippen molar-refractivity contribution < 1.29 is 0 Å². The normalized spacial score (nSPS) is 22.2. The zero-order chi connectivity index (χ0) is 18.9. The molecule has 140 valence electrons. The second-order valence-electron chi connectivity index (χ2n) is 9.49. The molecule has 2 aromatic carbocycles. The van der Waals surface area contributed by atoms with Crippen molar-refractivity contribution >= 4 is 22.1 Å². The lowest BCUT2D eigenvalue weighted by Crippen LogP contribution is -2.35. The van der Waals surface area contributed by atoms with Gasteiger partial charge in [-0.2, -0.15) is 10.2 Å². The summed E-state index contributed by atoms with van der Waals surface area (Å²) in [5.41, 5.74) is 8.08. The van der Waals surface area contributed by atoms with Gasteiger partial charge in [-0.25, -0.2) is 0 Å². The van der Waals surface area contributed by atoms with Gasteiger partial charge in [0.15, 0.2) is 0 Å². The van der Waals surface area contributed by atoms with E-state index in [0.717, 1.165) is 28.1 Å². The molecular weight excluding hydrogens is 318 g/mol. The highest BCUT2D eigenvalue weighted by Crippen LogP contribution is 2.44. The molecule has 0 amide bonds. The minimum atomic E-state index is -0.134. The van der Waals surface area contributed by atoms with Gasteiger partial charge in [0.1, 0.15) is 0 Å². The van der Waals surface area contributed by atoms with Crippen molar-refractivity contribution in [3.05, 3.63) is 36.4 Å². The molecule has 0 spiro atoms. The third-order valence-electron chi connectivity index (χ3n) is 6.30. The Morgan fingerprint density at radius 3 is 2.00 bits per heavy atom. The smallest absolute Gasteiger partial charge is 0.0932 e. The molecule has 0 aromatic heterocycles. The Labute approximate surface area is 158 Å². The van der Waals surface area contributed by atoms with Gasteiger partial charge in [-0.3, -0.25) is 0 Å². The van der Waals surface area contributed by atoms with E-state index < -0.39 is 0 Å². The zero-order valence-corrected chi connectivity index (χ0v) is 16.9. The largest absolute Gasteiger partial charge is 0.398 e. The quantitative estimate of drug-likeness (QED) is 0.464. The number of hydrogen-bond acceptors (Lipinski definition) is 3. The van der Waals surface area contributed by atoms with E-state index in [4.69, 9.17) is 10.8 Å². The summed E-state index contributed by atoms with van der Waals surface area (Å²) in [5, 5.41) is 11.6. The molecule has 1 fully saturated rings. The van der Waals surface area contributed by atoms with Crippen LogP contribution < -0.4 is 5.73 Å². The number of nitrogens with zero attached hydrogens (tertiary/aromatic N) is 2. The number of rotatable bonds is 3. The molecule has 3 heteroatoms. The lowest BCUT2D eigenvalue weighted by atomic mass is 9.66. The van der Waals surface area contributed by atoms with Crippen molar-refractivity contribution in [2.45, 2.75) is 65.8 Å². The molecular formula is C23H33N3. The molecule has 0 unspecified atom stereocenters. The summed E-state index contributed by atoms with van der Waals surface area (Å²) in [6.07, 6.45) is 5.10. The number of nitrogens with two attached hydrogens (primary N) is 1. The number of anilines is 1. The van der Waals surface area contributed by atoms with Crippen LogP contribution in [0, 0.1) is 17.3 Å². The summed E-state index contributed by atoms with van der Waals surface area (Å²) in [6, 6.07) is 12.1. The maximum Gasteiger partial charge on any atom is 0.0932 e. The minimum absolute atomic E-state index is 0.134. The van der Waals surface area contributed by atoms with Crippen LogP contribution >= 0.6 is 0 Å². The number of nitrogen functional groups attached to an aromatic ring is 1. The molecule has 0 radical (unpaired) electrons. The van der Waals surface area contributed by atoms with E-state index in [0.29, 0.717) is 11.3 Å². The molecule has 0 atom stereocenters. The maximum atomic E-state index is 6.10. The van der Waals surface area contributed by atoms with Crippen LogP contribution in [0.1, 0.15) is 60.3 Å². The van der Waals surface area contributed by atoms with Gasteiger partial charge in [-0.05, 0) is 68.9 Å². The van der Waals surface area contributed by atoms with Crippen molar-refractivity contribution in [1.82, 2.24) is 0 Å². The van der Waals surface area contributed by atoms with Crippen LogP contribution in [0.4, 0.5) is 11.4 Å². The van der Waals surface area contributed by atoms with Gasteiger partial charge in [-0.1, -0.05) is 45.0 Å². The van der Waals surface area contributed by atoms with E-state index in [2.05, 4.69) is 45.8 Å². The number of azo groups is 1. The van der Waals surface area contributed by atoms with Gasteiger partial charge in [0, 0.05) is 16.5 Å². The number of benzene rings is 2. The van der Waals surface area contributed by atoms with Crippen LogP contribution in [0.2, 0.25) is 0 Å². The molecule has 0 aliphatic heterocycles. The predicted octanol–water partition coefficient (Wildman–Crippen LogP) is 7.14. The Kier molecular flexibility index (Phi) is 5.09. The first-order valence-corrected chi connectivity index (χ1v) is 9.88. The average molecular weight is 352 g/mol. The highest BCUT2D eigenvalue weighted by molar-refractivity contribution is 5.99. The van der Waals surface area contributed by atoms with Crippen molar-refractivity contribution in [2.24, 2.45) is 27.5 Å². The van der Waals surface area contributed by atoms with Gasteiger partial charge in [0.2, 0.25) is 0 Å². The highest BCUT2D eigenvalue weighted by atomic mass is 15.1. The van der Waals surface area contributed by atoms with Gasteiger partial charge >= 0.3 is 0 Å². The monoisotopic (exact) mass is 351 g/mol. The Balaban J connectivity index is 1.77. The topological polar surface area (TPSA) is 50.7 Å². The maximum absolute atomic E-state index is 6.10. The van der Waals surface area contributed by atoms with Crippen LogP contribution in [-0.2, 0) is 0 Å². The molecule has 1 aliphatic carbocycles. The van der Waals surface area contributed by atoms with E-state index in [1.807, 2.05) is 30.3 Å². The summed E-state index contributed by atoms with van der Waals surface area (Å²) < 4.78 is 0. The Morgan fingerprint density at radius 2 is 1.38 bits per heavy atom. The summed E-state index contributed by atoms with van der Waals surface area (Å²) in [6.45, 7) is 11.6. The SMILES string of the molecule is CC(C)(C)C1CCC(C(C)(C)N=Nc2ccc(N)c3ccccc23)CC1. The van der Waals surface area contributed by atoms with E-state index in [9.17, 15) is 0 Å². The number of fused-ring (bicyclic) bond motifs is 1. The molecule has 2 aromatic rings. The Morgan fingerprint density at radius 1 is 0.808 bits per heavy atom. The Bertz CT molecular complexity index is 791. The van der Waals surface area contributed by atoms with Crippen molar-refractivity contribution in [2.75, 3.05) is 5.73 Å². The summed E-state index contributed by atoms with van der Waals surface area (Å²) in [5.74, 6) is 1.43. The van der Waals surface area contributed by atoms with E-state index in [1.165, 1.54) is 25.7 Å². The number of hydrogen-bond donors (Lipinski definition) is 1. The van der Waals surface area contributed by atoms with Crippen LogP contribution in [0.25, 0.3) is 10.8 Å². The van der Waals surface area contributed by atoms with E-state index >= 15 is 0 Å². The van der Waals surface area contributed by atoms with Gasteiger partial charge in [0.25, 0.3) is 0 Å². The van der Waals surface area contributed by atoms with E-state index in [1.54, 1.807) is 0 Å². The Hall–Kier alpha value is -1.90. The van der Waals surface area contributed by atoms with Gasteiger partial charge in [0.05, 0.1) is 11.2 Å². The highest BCUT2D eigenvalue weighted by Gasteiger charge is 2.36. The van der Waals surface area contributed by atoms with E-state index in [-0.39, 0.29) is 5.54 Å². The van der Waals surface area contributed by atoms with Crippen LogP contribution in [0.3, 0.4) is 0 Å². The van der Waals surface area contributed by atoms with Crippen molar-refractivity contribution in [3.8, 4) is 0 Å². The molecule has 26 heavy (non-hydrogen) atoms. The fourth-order valence-electron chi connectivity index (χ4n) is 4.32. The van der Waals surface area contributed by atoms with Gasteiger partial charge in [-0.15, -0.1) is 0 Å². The fraction of sp³-hybridized carbons (Fsp3) is 0.565. The second kappa shape index (κ2) is 7.02. The molecule has 0 bridgehead atoms. The van der Waals surface area contributed by atoms with Crippen molar-refractivity contribution in [1.29, 1.82) is 0 Å². The second-order valence-corrected chi connectivity index (χ2v) is 9.49. The lowest BCUT2D eigenvalue weighted by Gasteiger charge is -2.40. The van der Waals surface area contributed by atoms with Crippen molar-refractivity contribution in [3.63, 3.8) is 0 Å². The first-order valence-electron chi connectivity index (χ1n) is 9.88. The predicted molar refractivity (Wildman–Crippen MR) is 112 cm³/mol. The molecule has 0 heterocycles. The average Bonchev–Trinajstić information content (AvgIpc) is 2.61. The molecule has 2 N–H and O–H groups in total. The van der Waals surface area contributed by atoms with Gasteiger partial charge < -0.3 is 5.73 Å². The molecule has 1 aliphatic rings. The first-order chi connectivity index (χ1) is 12.2. The third-order valence-corrected chi connectivity index (χ3v) is 6.30. The fourth-order valence-corrected chi connectivity index (χ4v) is 4.32. The lowest BCUT2D eigenvalue weighted by molar-refractivity contribution is 0.120. The molecule has 0 saturated heterocycles. The zero-order valence-electron chi connectivity index (χ0n) is 16.9. The molecule has 3 nitrogen and oxygen atoms in total.